The second-order valence-corrected chi connectivity index (χ2v) is 4.05. The van der Waals surface area contributed by atoms with Crippen LogP contribution < -0.4 is 0 Å². The van der Waals surface area contributed by atoms with Gasteiger partial charge in [0.05, 0.1) is 5.69 Å². The smallest absolute Gasteiger partial charge is 0.0758 e. The summed E-state index contributed by atoms with van der Waals surface area (Å²) in [5, 5.41) is 0. The van der Waals surface area contributed by atoms with E-state index in [1.54, 1.807) is 0 Å². The maximum absolute atomic E-state index is 3.99. The molecule has 1 nitrogen and oxygen atoms in total. The lowest BCUT2D eigenvalue weighted by atomic mass is 10.1. The molecule has 70 valence electrons. The molecule has 0 fully saturated rings. The molecular formula is C11H15NS. The molecule has 0 saturated carbocycles. The van der Waals surface area contributed by atoms with Crippen LogP contribution >= 0.6 is 11.8 Å². The van der Waals surface area contributed by atoms with Gasteiger partial charge < -0.3 is 0 Å². The van der Waals surface area contributed by atoms with E-state index in [-0.39, 0.29) is 0 Å². The Kier molecular flexibility index (Phi) is 4.03. The number of aryl methyl sites for hydroxylation is 1. The van der Waals surface area contributed by atoms with Gasteiger partial charge in [0, 0.05) is 4.90 Å². The lowest BCUT2D eigenvalue weighted by Gasteiger charge is -2.05. The molecule has 1 aromatic carbocycles. The lowest BCUT2D eigenvalue weighted by molar-refractivity contribution is 1.12. The topological polar surface area (TPSA) is 12.4 Å². The van der Waals surface area contributed by atoms with E-state index in [1.165, 1.54) is 10.5 Å². The zero-order valence-corrected chi connectivity index (χ0v) is 9.03. The zero-order chi connectivity index (χ0) is 9.68. The molecule has 0 spiro atoms. The molecule has 0 aliphatic carbocycles. The average Bonchev–Trinajstić information content (AvgIpc) is 2.18. The highest BCUT2D eigenvalue weighted by Crippen LogP contribution is 2.30. The number of aliphatic imine (C=N–C) groups is 1. The summed E-state index contributed by atoms with van der Waals surface area (Å²) in [7, 11) is 0. The van der Waals surface area contributed by atoms with Crippen LogP contribution in [-0.2, 0) is 6.42 Å². The number of hydrogen-bond donors (Lipinski definition) is 0. The molecule has 0 aliphatic rings. The van der Waals surface area contributed by atoms with E-state index in [0.29, 0.717) is 0 Å². The number of benzene rings is 1. The normalized spacial score (nSPS) is 10.0. The van der Waals surface area contributed by atoms with E-state index in [4.69, 9.17) is 0 Å². The van der Waals surface area contributed by atoms with Crippen molar-refractivity contribution >= 4 is 24.2 Å². The van der Waals surface area contributed by atoms with Crippen molar-refractivity contribution in [2.24, 2.45) is 4.99 Å². The van der Waals surface area contributed by atoms with Gasteiger partial charge in [0.25, 0.3) is 0 Å². The molecule has 0 radical (unpaired) electrons. The predicted molar refractivity (Wildman–Crippen MR) is 61.4 cm³/mol. The van der Waals surface area contributed by atoms with Crippen LogP contribution in [0.1, 0.15) is 19.4 Å². The van der Waals surface area contributed by atoms with Crippen molar-refractivity contribution in [2.45, 2.75) is 25.2 Å². The lowest BCUT2D eigenvalue weighted by Crippen LogP contribution is -1.82. The molecule has 0 saturated heterocycles. The molecule has 1 rings (SSSR count). The number of thioether (sulfide) groups is 1. The Morgan fingerprint density at radius 2 is 2.15 bits per heavy atom. The Morgan fingerprint density at radius 3 is 2.69 bits per heavy atom. The minimum absolute atomic E-state index is 1.00. The zero-order valence-electron chi connectivity index (χ0n) is 8.21. The summed E-state index contributed by atoms with van der Waals surface area (Å²) in [6, 6.07) is 6.37. The molecule has 1 aromatic rings. The average molecular weight is 193 g/mol. The number of rotatable bonds is 4. The van der Waals surface area contributed by atoms with Gasteiger partial charge in [-0.3, -0.25) is 4.99 Å². The third-order valence-corrected chi connectivity index (χ3v) is 2.83. The molecule has 2 heteroatoms. The van der Waals surface area contributed by atoms with Crippen LogP contribution in [0, 0.1) is 0 Å². The van der Waals surface area contributed by atoms with Gasteiger partial charge in [-0.15, -0.1) is 11.8 Å². The number of hydrogen-bond acceptors (Lipinski definition) is 2. The quantitative estimate of drug-likeness (QED) is 0.524. The van der Waals surface area contributed by atoms with E-state index in [2.05, 4.69) is 37.7 Å². The van der Waals surface area contributed by atoms with Crippen LogP contribution in [0.2, 0.25) is 0 Å². The molecule has 0 bridgehead atoms. The minimum Gasteiger partial charge on any atom is -0.263 e. The highest BCUT2D eigenvalue weighted by atomic mass is 32.2. The Morgan fingerprint density at radius 1 is 1.38 bits per heavy atom. The first-order chi connectivity index (χ1) is 6.31. The molecular weight excluding hydrogens is 178 g/mol. The summed E-state index contributed by atoms with van der Waals surface area (Å²) in [5.74, 6) is 1.08. The van der Waals surface area contributed by atoms with E-state index in [9.17, 15) is 0 Å². The van der Waals surface area contributed by atoms with Crippen molar-refractivity contribution in [3.05, 3.63) is 23.8 Å². The van der Waals surface area contributed by atoms with Crippen molar-refractivity contribution in [2.75, 3.05) is 5.75 Å². The molecule has 0 aromatic heterocycles. The molecule has 0 amide bonds. The van der Waals surface area contributed by atoms with Crippen molar-refractivity contribution in [3.63, 3.8) is 0 Å². The highest BCUT2D eigenvalue weighted by Gasteiger charge is 2.00. The van der Waals surface area contributed by atoms with Crippen molar-refractivity contribution < 1.29 is 0 Å². The van der Waals surface area contributed by atoms with Crippen LogP contribution in [0.5, 0.6) is 0 Å². The third kappa shape index (κ3) is 2.59. The molecule has 0 N–H and O–H groups in total. The summed E-state index contributed by atoms with van der Waals surface area (Å²) >= 11 is 1.82. The standard InChI is InChI=1S/C11H15NS/c1-4-9-6-7-10(12-3)11(8-9)13-5-2/h6-8H,3-5H2,1-2H3. The van der Waals surface area contributed by atoms with Crippen LogP contribution in [0.15, 0.2) is 28.1 Å². The monoisotopic (exact) mass is 193 g/mol. The second-order valence-electron chi connectivity index (χ2n) is 2.75. The second kappa shape index (κ2) is 5.07. The number of nitrogens with zero attached hydrogens (tertiary/aromatic N) is 1. The van der Waals surface area contributed by atoms with Gasteiger partial charge in [0.2, 0.25) is 0 Å². The fraction of sp³-hybridized carbons (Fsp3) is 0.364. The summed E-state index contributed by atoms with van der Waals surface area (Å²) in [6.07, 6.45) is 1.08. The first-order valence-corrected chi connectivity index (χ1v) is 5.52. The largest absolute Gasteiger partial charge is 0.263 e. The van der Waals surface area contributed by atoms with Crippen molar-refractivity contribution in [3.8, 4) is 0 Å². The summed E-state index contributed by atoms with van der Waals surface area (Å²) in [6.45, 7) is 7.88. The van der Waals surface area contributed by atoms with Gasteiger partial charge in [0.15, 0.2) is 0 Å². The highest BCUT2D eigenvalue weighted by molar-refractivity contribution is 7.99. The molecule has 0 unspecified atom stereocenters. The van der Waals surface area contributed by atoms with Crippen LogP contribution in [-0.4, -0.2) is 12.5 Å². The Bertz CT molecular complexity index is 294. The van der Waals surface area contributed by atoms with E-state index < -0.39 is 0 Å². The molecule has 0 heterocycles. The molecule has 13 heavy (non-hydrogen) atoms. The van der Waals surface area contributed by atoms with E-state index in [0.717, 1.165) is 17.9 Å². The maximum Gasteiger partial charge on any atom is 0.0758 e. The first-order valence-electron chi connectivity index (χ1n) is 4.54. The fourth-order valence-electron chi connectivity index (χ4n) is 1.18. The summed E-state index contributed by atoms with van der Waals surface area (Å²) < 4.78 is 0. The van der Waals surface area contributed by atoms with Gasteiger partial charge in [0.1, 0.15) is 0 Å². The summed E-state index contributed by atoms with van der Waals surface area (Å²) in [5.41, 5.74) is 2.37. The van der Waals surface area contributed by atoms with Gasteiger partial charge in [-0.1, -0.05) is 19.9 Å². The fourth-order valence-corrected chi connectivity index (χ4v) is 2.01. The van der Waals surface area contributed by atoms with Crippen LogP contribution in [0.25, 0.3) is 0 Å². The Balaban J connectivity index is 3.02. The van der Waals surface area contributed by atoms with Crippen molar-refractivity contribution in [1.29, 1.82) is 0 Å². The molecule has 0 atom stereocenters. The van der Waals surface area contributed by atoms with Gasteiger partial charge >= 0.3 is 0 Å². The van der Waals surface area contributed by atoms with E-state index in [1.807, 2.05) is 17.8 Å². The van der Waals surface area contributed by atoms with Gasteiger partial charge in [-0.05, 0) is 36.6 Å². The third-order valence-electron chi connectivity index (χ3n) is 1.90. The van der Waals surface area contributed by atoms with Crippen LogP contribution in [0.3, 0.4) is 0 Å². The predicted octanol–water partition coefficient (Wildman–Crippen LogP) is 3.69. The van der Waals surface area contributed by atoms with E-state index >= 15 is 0 Å². The van der Waals surface area contributed by atoms with Crippen molar-refractivity contribution in [1.82, 2.24) is 0 Å². The van der Waals surface area contributed by atoms with Gasteiger partial charge in [-0.2, -0.15) is 0 Å². The SMILES string of the molecule is C=Nc1ccc(CC)cc1SCC. The maximum atomic E-state index is 3.99. The first kappa shape index (κ1) is 10.3. The Hall–Kier alpha value is -0.760. The Labute approximate surface area is 84.3 Å². The van der Waals surface area contributed by atoms with Gasteiger partial charge in [-0.25, -0.2) is 0 Å². The van der Waals surface area contributed by atoms with Crippen LogP contribution in [0.4, 0.5) is 5.69 Å². The minimum atomic E-state index is 1.00. The summed E-state index contributed by atoms with van der Waals surface area (Å²) in [4.78, 5) is 5.24. The molecule has 0 aliphatic heterocycles.